The summed E-state index contributed by atoms with van der Waals surface area (Å²) in [6.07, 6.45) is 3.07. The Morgan fingerprint density at radius 1 is 1.47 bits per heavy atom. The molecule has 1 saturated heterocycles. The summed E-state index contributed by atoms with van der Waals surface area (Å²) >= 11 is 0. The van der Waals surface area contributed by atoms with Crippen molar-refractivity contribution in [3.63, 3.8) is 0 Å². The summed E-state index contributed by atoms with van der Waals surface area (Å²) in [4.78, 5) is 6.61. The Balaban J connectivity index is 2.09. The summed E-state index contributed by atoms with van der Waals surface area (Å²) in [5.74, 6) is 0.931. The summed E-state index contributed by atoms with van der Waals surface area (Å²) in [7, 11) is 3.92. The minimum atomic E-state index is 0.621. The molecule has 2 heterocycles. The van der Waals surface area contributed by atoms with Gasteiger partial charge in [0.25, 0.3) is 0 Å². The van der Waals surface area contributed by atoms with E-state index in [1.54, 1.807) is 0 Å². The maximum absolute atomic E-state index is 4.22. The lowest BCUT2D eigenvalue weighted by molar-refractivity contribution is 0.617. The van der Waals surface area contributed by atoms with Crippen LogP contribution in [0.15, 0.2) is 18.3 Å². The number of hydrogen-bond acceptors (Lipinski definition) is 4. The number of anilines is 2. The number of aromatic nitrogens is 1. The van der Waals surface area contributed by atoms with Gasteiger partial charge in [-0.25, -0.2) is 4.98 Å². The van der Waals surface area contributed by atoms with Crippen molar-refractivity contribution in [1.29, 1.82) is 0 Å². The first-order valence-electron chi connectivity index (χ1n) is 5.39. The normalized spacial score (nSPS) is 20.7. The van der Waals surface area contributed by atoms with E-state index in [1.165, 1.54) is 12.1 Å². The lowest BCUT2D eigenvalue weighted by atomic mass is 10.3. The Hall–Kier alpha value is -1.29. The topological polar surface area (TPSA) is 40.2 Å². The SMILES string of the molecule is CNc1cc(N2CCC(NC)C2)ccn1. The number of nitrogens with zero attached hydrogens (tertiary/aromatic N) is 2. The van der Waals surface area contributed by atoms with E-state index in [0.717, 1.165) is 18.9 Å². The summed E-state index contributed by atoms with van der Waals surface area (Å²) in [6, 6.07) is 4.79. The van der Waals surface area contributed by atoms with Gasteiger partial charge in [-0.05, 0) is 19.5 Å². The van der Waals surface area contributed by atoms with Gasteiger partial charge in [0.15, 0.2) is 0 Å². The number of rotatable bonds is 3. The van der Waals surface area contributed by atoms with Crippen LogP contribution in [0, 0.1) is 0 Å². The molecular formula is C11H18N4. The van der Waals surface area contributed by atoms with Gasteiger partial charge in [-0.3, -0.25) is 0 Å². The Morgan fingerprint density at radius 3 is 3.00 bits per heavy atom. The lowest BCUT2D eigenvalue weighted by Gasteiger charge is -2.18. The van der Waals surface area contributed by atoms with Gasteiger partial charge in [0.05, 0.1) is 0 Å². The summed E-state index contributed by atoms with van der Waals surface area (Å²) in [5, 5.41) is 6.38. The van der Waals surface area contributed by atoms with Crippen LogP contribution in [0.2, 0.25) is 0 Å². The molecule has 1 fully saturated rings. The second-order valence-electron chi connectivity index (χ2n) is 3.87. The molecule has 1 atom stereocenters. The van der Waals surface area contributed by atoms with Crippen LogP contribution in [-0.2, 0) is 0 Å². The fraction of sp³-hybridized carbons (Fsp3) is 0.545. The summed E-state index contributed by atoms with van der Waals surface area (Å²) in [6.45, 7) is 2.21. The van der Waals surface area contributed by atoms with E-state index < -0.39 is 0 Å². The largest absolute Gasteiger partial charge is 0.373 e. The standard InChI is InChI=1S/C11H18N4/c1-12-9-4-6-15(8-9)10-3-5-14-11(7-10)13-2/h3,5,7,9,12H,4,6,8H2,1-2H3,(H,13,14). The molecule has 0 aliphatic carbocycles. The first-order chi connectivity index (χ1) is 7.33. The molecule has 15 heavy (non-hydrogen) atoms. The molecule has 4 nitrogen and oxygen atoms in total. The van der Waals surface area contributed by atoms with Crippen molar-refractivity contribution in [2.45, 2.75) is 12.5 Å². The third-order valence-corrected chi connectivity index (χ3v) is 2.96. The maximum Gasteiger partial charge on any atom is 0.127 e. The molecule has 0 saturated carbocycles. The van der Waals surface area contributed by atoms with Crippen molar-refractivity contribution >= 4 is 11.5 Å². The Kier molecular flexibility index (Phi) is 3.06. The molecule has 1 aliphatic rings. The zero-order chi connectivity index (χ0) is 10.7. The summed E-state index contributed by atoms with van der Waals surface area (Å²) < 4.78 is 0. The fourth-order valence-corrected chi connectivity index (χ4v) is 1.98. The molecule has 1 aromatic rings. The smallest absolute Gasteiger partial charge is 0.127 e. The molecule has 82 valence electrons. The molecule has 0 aromatic carbocycles. The van der Waals surface area contributed by atoms with Crippen molar-refractivity contribution in [2.24, 2.45) is 0 Å². The fourth-order valence-electron chi connectivity index (χ4n) is 1.98. The predicted molar refractivity (Wildman–Crippen MR) is 63.5 cm³/mol. The van der Waals surface area contributed by atoms with Gasteiger partial charge < -0.3 is 15.5 Å². The van der Waals surface area contributed by atoms with E-state index in [0.29, 0.717) is 6.04 Å². The minimum absolute atomic E-state index is 0.621. The number of likely N-dealkylation sites (N-methyl/N-ethyl adjacent to an activating group) is 1. The third-order valence-electron chi connectivity index (χ3n) is 2.96. The molecule has 0 amide bonds. The van der Waals surface area contributed by atoms with E-state index in [1.807, 2.05) is 20.3 Å². The van der Waals surface area contributed by atoms with E-state index in [2.05, 4.69) is 32.7 Å². The Labute approximate surface area is 90.7 Å². The highest BCUT2D eigenvalue weighted by molar-refractivity contribution is 5.54. The van der Waals surface area contributed by atoms with Crippen molar-refractivity contribution in [3.05, 3.63) is 18.3 Å². The number of hydrogen-bond donors (Lipinski definition) is 2. The molecule has 1 aromatic heterocycles. The van der Waals surface area contributed by atoms with E-state index in [9.17, 15) is 0 Å². The van der Waals surface area contributed by atoms with Crippen LogP contribution in [0.3, 0.4) is 0 Å². The van der Waals surface area contributed by atoms with Gasteiger partial charge in [0, 0.05) is 44.1 Å². The second kappa shape index (κ2) is 4.49. The van der Waals surface area contributed by atoms with Crippen molar-refractivity contribution < 1.29 is 0 Å². The van der Waals surface area contributed by atoms with Crippen LogP contribution in [0.1, 0.15) is 6.42 Å². The van der Waals surface area contributed by atoms with Gasteiger partial charge >= 0.3 is 0 Å². The van der Waals surface area contributed by atoms with Crippen LogP contribution >= 0.6 is 0 Å². The molecular weight excluding hydrogens is 188 g/mol. The molecule has 4 heteroatoms. The van der Waals surface area contributed by atoms with Gasteiger partial charge in [-0.15, -0.1) is 0 Å². The molecule has 0 bridgehead atoms. The first-order valence-corrected chi connectivity index (χ1v) is 5.39. The zero-order valence-electron chi connectivity index (χ0n) is 9.33. The molecule has 2 rings (SSSR count). The van der Waals surface area contributed by atoms with Crippen molar-refractivity contribution in [2.75, 3.05) is 37.4 Å². The van der Waals surface area contributed by atoms with Crippen LogP contribution in [0.5, 0.6) is 0 Å². The molecule has 2 N–H and O–H groups in total. The van der Waals surface area contributed by atoms with E-state index in [4.69, 9.17) is 0 Å². The van der Waals surface area contributed by atoms with Crippen LogP contribution in [-0.4, -0.2) is 38.2 Å². The zero-order valence-corrected chi connectivity index (χ0v) is 9.33. The summed E-state index contributed by atoms with van der Waals surface area (Å²) in [5.41, 5.74) is 1.26. The van der Waals surface area contributed by atoms with Gasteiger partial charge in [0.1, 0.15) is 5.82 Å². The quantitative estimate of drug-likeness (QED) is 0.771. The predicted octanol–water partition coefficient (Wildman–Crippen LogP) is 0.921. The molecule has 0 radical (unpaired) electrons. The highest BCUT2D eigenvalue weighted by atomic mass is 15.2. The first kappa shape index (κ1) is 10.2. The molecule has 1 unspecified atom stereocenters. The van der Waals surface area contributed by atoms with Gasteiger partial charge in [-0.2, -0.15) is 0 Å². The monoisotopic (exact) mass is 206 g/mol. The highest BCUT2D eigenvalue weighted by Crippen LogP contribution is 2.21. The van der Waals surface area contributed by atoms with E-state index >= 15 is 0 Å². The van der Waals surface area contributed by atoms with E-state index in [-0.39, 0.29) is 0 Å². The molecule has 0 spiro atoms. The van der Waals surface area contributed by atoms with Gasteiger partial charge in [0.2, 0.25) is 0 Å². The van der Waals surface area contributed by atoms with Crippen LogP contribution in [0.25, 0.3) is 0 Å². The maximum atomic E-state index is 4.22. The number of pyridine rings is 1. The number of nitrogens with one attached hydrogen (secondary N) is 2. The van der Waals surface area contributed by atoms with Gasteiger partial charge in [-0.1, -0.05) is 0 Å². The van der Waals surface area contributed by atoms with Crippen molar-refractivity contribution in [1.82, 2.24) is 10.3 Å². The highest BCUT2D eigenvalue weighted by Gasteiger charge is 2.21. The Bertz CT molecular complexity index is 326. The van der Waals surface area contributed by atoms with Crippen LogP contribution in [0.4, 0.5) is 11.5 Å². The average molecular weight is 206 g/mol. The average Bonchev–Trinajstić information content (AvgIpc) is 2.78. The minimum Gasteiger partial charge on any atom is -0.373 e. The Morgan fingerprint density at radius 2 is 2.33 bits per heavy atom. The third kappa shape index (κ3) is 2.21. The molecule has 1 aliphatic heterocycles. The van der Waals surface area contributed by atoms with Crippen LogP contribution < -0.4 is 15.5 Å². The van der Waals surface area contributed by atoms with Crippen molar-refractivity contribution in [3.8, 4) is 0 Å². The second-order valence-corrected chi connectivity index (χ2v) is 3.87. The lowest BCUT2D eigenvalue weighted by Crippen LogP contribution is -2.29.